The van der Waals surface area contributed by atoms with Crippen LogP contribution in [0.1, 0.15) is 68.1 Å². The van der Waals surface area contributed by atoms with Gasteiger partial charge in [0.25, 0.3) is 5.91 Å². The molecule has 0 spiro atoms. The number of nitrogens with two attached hydrogens (primary N) is 1. The molecule has 1 aromatic carbocycles. The van der Waals surface area contributed by atoms with Crippen LogP contribution < -0.4 is 26.0 Å². The number of aromatic nitrogens is 2. The smallest absolute Gasteiger partial charge is 0.270 e. The number of amides is 1. The second-order valence-electron chi connectivity index (χ2n) is 14.6. The Labute approximate surface area is 273 Å². The maximum Gasteiger partial charge on any atom is 0.270 e. The number of halogens is 2. The van der Waals surface area contributed by atoms with Crippen LogP contribution in [0.2, 0.25) is 0 Å². The number of rotatable bonds is 3. The molecule has 4 aromatic rings. The van der Waals surface area contributed by atoms with E-state index >= 15 is 8.78 Å². The zero-order valence-corrected chi connectivity index (χ0v) is 27.2. The first-order valence-electron chi connectivity index (χ1n) is 16.0. The molecule has 4 unspecified atom stereocenters. The van der Waals surface area contributed by atoms with Crippen molar-refractivity contribution >= 4 is 48.9 Å². The fraction of sp³-hybridized carbons (Fsp3) is 0.471. The summed E-state index contributed by atoms with van der Waals surface area (Å²) in [6, 6.07) is 4.63. The van der Waals surface area contributed by atoms with Gasteiger partial charge in [-0.3, -0.25) is 4.79 Å². The molecule has 1 amide bonds. The molecule has 8 heterocycles. The molecule has 242 valence electrons. The fourth-order valence-electron chi connectivity index (χ4n) is 9.16. The first-order chi connectivity index (χ1) is 22.3. The van der Waals surface area contributed by atoms with E-state index in [0.29, 0.717) is 42.8 Å². The summed E-state index contributed by atoms with van der Waals surface area (Å²) in [4.78, 5) is 26.1. The number of carbonyl (C=O) groups excluding carboxylic acids is 1. The molecule has 4 atom stereocenters. The number of nitrogens with zero attached hydrogens (tertiary/aromatic N) is 4. The molecule has 47 heavy (non-hydrogen) atoms. The first-order valence-corrected chi connectivity index (χ1v) is 16.8. The second-order valence-corrected chi connectivity index (χ2v) is 15.7. The average Bonchev–Trinajstić information content (AvgIpc) is 3.70. The van der Waals surface area contributed by atoms with Crippen molar-refractivity contribution in [2.75, 3.05) is 23.8 Å². The second kappa shape index (κ2) is 9.27. The quantitative estimate of drug-likeness (QED) is 0.275. The largest absolute Gasteiger partial charge is 0.472 e. The van der Waals surface area contributed by atoms with Gasteiger partial charge in [0, 0.05) is 47.3 Å². The van der Waals surface area contributed by atoms with Crippen LogP contribution in [0.15, 0.2) is 12.1 Å². The Hall–Kier alpha value is -4.12. The zero-order valence-electron chi connectivity index (χ0n) is 26.4. The van der Waals surface area contributed by atoms with E-state index in [0.717, 1.165) is 24.2 Å². The molecule has 1 aliphatic carbocycles. The maximum absolute atomic E-state index is 17.4. The van der Waals surface area contributed by atoms with Crippen LogP contribution >= 0.6 is 11.3 Å². The van der Waals surface area contributed by atoms with E-state index < -0.39 is 23.1 Å². The lowest BCUT2D eigenvalue weighted by Gasteiger charge is -2.46. The summed E-state index contributed by atoms with van der Waals surface area (Å²) in [6.45, 7) is 8.87. The summed E-state index contributed by atoms with van der Waals surface area (Å²) in [5.41, 5.74) is 5.83. The summed E-state index contributed by atoms with van der Waals surface area (Å²) in [5.74, 6) is -1.04. The number of nitrogen functional groups attached to an aromatic ring is 1. The summed E-state index contributed by atoms with van der Waals surface area (Å²) < 4.78 is 45.0. The molecule has 4 N–H and O–H groups in total. The van der Waals surface area contributed by atoms with Crippen LogP contribution in [-0.4, -0.2) is 63.9 Å². The lowest BCUT2D eigenvalue weighted by Crippen LogP contribution is -2.66. The molecule has 3 aromatic heterocycles. The molecule has 13 heteroatoms. The third kappa shape index (κ3) is 3.89. The topological polar surface area (TPSA) is 138 Å². The summed E-state index contributed by atoms with van der Waals surface area (Å²) in [5, 5.41) is 17.8. The minimum absolute atomic E-state index is 0.0613. The standard InChI is InChI=1S/C34H33F2N7O3S/c1-14-20-22-29(39-24(14)30(44)42-34-10-33(4,11-34)45-13-34)43-12-32(3)8-7-19(41-32)26(43)15(2)46-31(22)40-25(23(20)36)16-5-6-18(35)27-21(16)17(9-37)28(38)47-27/h5-6,15,19,26,41H,7-8,10-13,38H2,1-4H3,(H,42,44). The van der Waals surface area contributed by atoms with Crippen LogP contribution in [0, 0.1) is 29.9 Å². The number of pyridine rings is 2. The van der Waals surface area contributed by atoms with Gasteiger partial charge in [0.15, 0.2) is 5.82 Å². The molecule has 5 fully saturated rings. The fourth-order valence-corrected chi connectivity index (χ4v) is 10.1. The SMILES string of the molecule is Cc1c(C(=O)NC23COC(C)(C2)C3)nc2c3c(nc(-c4ccc(F)c5sc(N)c(C#N)c45)c(F)c13)OC(C)C1C3CCC(C)(CN21)N3. The van der Waals surface area contributed by atoms with E-state index in [2.05, 4.69) is 28.5 Å². The lowest BCUT2D eigenvalue weighted by molar-refractivity contribution is 0.0126. The molecule has 1 saturated carbocycles. The Morgan fingerprint density at radius 3 is 2.74 bits per heavy atom. The highest BCUT2D eigenvalue weighted by Gasteiger charge is 2.61. The minimum atomic E-state index is -0.710. The van der Waals surface area contributed by atoms with E-state index in [1.54, 1.807) is 6.92 Å². The summed E-state index contributed by atoms with van der Waals surface area (Å²) in [6.07, 6.45) is 2.93. The Kier molecular flexibility index (Phi) is 5.73. The molecule has 4 bridgehead atoms. The number of hydrogen-bond donors (Lipinski definition) is 3. The van der Waals surface area contributed by atoms with Gasteiger partial charge in [0.2, 0.25) is 5.88 Å². The number of fused-ring (bicyclic) bond motifs is 7. The maximum atomic E-state index is 17.4. The molecule has 6 aliphatic rings. The van der Waals surface area contributed by atoms with Crippen molar-refractivity contribution in [3.8, 4) is 23.2 Å². The van der Waals surface area contributed by atoms with Gasteiger partial charge in [-0.1, -0.05) is 0 Å². The molecule has 10 nitrogen and oxygen atoms in total. The third-order valence-corrected chi connectivity index (χ3v) is 12.1. The van der Waals surface area contributed by atoms with Crippen molar-refractivity contribution in [1.82, 2.24) is 20.6 Å². The molecule has 10 rings (SSSR count). The average molecular weight is 658 g/mol. The molecule has 5 aliphatic heterocycles. The highest BCUT2D eigenvalue weighted by Crippen LogP contribution is 2.52. The number of nitrogens with one attached hydrogen (secondary N) is 2. The van der Waals surface area contributed by atoms with Gasteiger partial charge in [0.05, 0.1) is 39.4 Å². The lowest BCUT2D eigenvalue weighted by atomic mass is 9.69. The van der Waals surface area contributed by atoms with Crippen molar-refractivity contribution in [3.63, 3.8) is 0 Å². The van der Waals surface area contributed by atoms with E-state index in [-0.39, 0.29) is 78.2 Å². The monoisotopic (exact) mass is 657 g/mol. The molecule has 4 saturated heterocycles. The molecular weight excluding hydrogens is 624 g/mol. The predicted molar refractivity (Wildman–Crippen MR) is 174 cm³/mol. The van der Waals surface area contributed by atoms with Crippen LogP contribution in [-0.2, 0) is 4.74 Å². The van der Waals surface area contributed by atoms with E-state index in [1.165, 1.54) is 12.1 Å². The highest BCUT2D eigenvalue weighted by molar-refractivity contribution is 7.23. The van der Waals surface area contributed by atoms with Gasteiger partial charge in [-0.2, -0.15) is 5.26 Å². The number of piperazine rings is 1. The van der Waals surface area contributed by atoms with Crippen molar-refractivity contribution in [2.45, 2.75) is 88.2 Å². The summed E-state index contributed by atoms with van der Waals surface area (Å²) in [7, 11) is 0. The van der Waals surface area contributed by atoms with Crippen molar-refractivity contribution < 1.29 is 23.0 Å². The normalized spacial score (nSPS) is 31.7. The van der Waals surface area contributed by atoms with Crippen molar-refractivity contribution in [2.24, 2.45) is 0 Å². The summed E-state index contributed by atoms with van der Waals surface area (Å²) >= 11 is 0.935. The van der Waals surface area contributed by atoms with Gasteiger partial charge < -0.3 is 30.7 Å². The number of ether oxygens (including phenoxy) is 2. The Bertz CT molecular complexity index is 2140. The van der Waals surface area contributed by atoms with E-state index in [9.17, 15) is 10.1 Å². The van der Waals surface area contributed by atoms with Gasteiger partial charge in [-0.15, -0.1) is 11.3 Å². The minimum Gasteiger partial charge on any atom is -0.472 e. The van der Waals surface area contributed by atoms with Crippen LogP contribution in [0.4, 0.5) is 19.6 Å². The van der Waals surface area contributed by atoms with Gasteiger partial charge in [-0.25, -0.2) is 18.7 Å². The number of carbonyl (C=O) groups is 1. The number of thiophene rings is 1. The number of anilines is 2. The van der Waals surface area contributed by atoms with Gasteiger partial charge >= 0.3 is 0 Å². The Morgan fingerprint density at radius 1 is 1.23 bits per heavy atom. The van der Waals surface area contributed by atoms with Gasteiger partial charge in [0.1, 0.15) is 40.2 Å². The third-order valence-electron chi connectivity index (χ3n) is 11.1. The number of hydrogen-bond acceptors (Lipinski definition) is 10. The first kappa shape index (κ1) is 29.1. The van der Waals surface area contributed by atoms with Crippen LogP contribution in [0.5, 0.6) is 5.88 Å². The number of benzene rings is 1. The van der Waals surface area contributed by atoms with E-state index in [1.807, 2.05) is 13.8 Å². The Balaban J connectivity index is 1.31. The molecule has 0 radical (unpaired) electrons. The van der Waals surface area contributed by atoms with Crippen LogP contribution in [0.3, 0.4) is 0 Å². The molecular formula is C34H33F2N7O3S. The van der Waals surface area contributed by atoms with Crippen LogP contribution in [0.25, 0.3) is 32.1 Å². The highest BCUT2D eigenvalue weighted by atomic mass is 32.1. The zero-order chi connectivity index (χ0) is 32.8. The van der Waals surface area contributed by atoms with Crippen molar-refractivity contribution in [1.29, 1.82) is 5.26 Å². The van der Waals surface area contributed by atoms with E-state index in [4.69, 9.17) is 25.2 Å². The predicted octanol–water partition coefficient (Wildman–Crippen LogP) is 5.08. The van der Waals surface area contributed by atoms with Crippen molar-refractivity contribution in [3.05, 3.63) is 40.6 Å². The Morgan fingerprint density at radius 2 is 2.02 bits per heavy atom. The van der Waals surface area contributed by atoms with Gasteiger partial charge in [-0.05, 0) is 58.2 Å². The number of aryl methyl sites for hydroxylation is 1. The number of nitriles is 1.